The Labute approximate surface area is 179 Å². The molecule has 1 aliphatic heterocycles. The van der Waals surface area contributed by atoms with E-state index in [2.05, 4.69) is 10.4 Å². The number of fused-ring (bicyclic) bond motifs is 1. The maximum atomic E-state index is 14.7. The number of para-hydroxylation sites is 1. The van der Waals surface area contributed by atoms with Crippen molar-refractivity contribution in [3.63, 3.8) is 0 Å². The van der Waals surface area contributed by atoms with Gasteiger partial charge in [0.2, 0.25) is 5.91 Å². The predicted molar refractivity (Wildman–Crippen MR) is 110 cm³/mol. The minimum absolute atomic E-state index is 0.00158. The average Bonchev–Trinajstić information content (AvgIpc) is 3.39. The van der Waals surface area contributed by atoms with Gasteiger partial charge in [-0.2, -0.15) is 5.10 Å². The van der Waals surface area contributed by atoms with Gasteiger partial charge in [-0.3, -0.25) is 19.2 Å². The highest BCUT2D eigenvalue weighted by Crippen LogP contribution is 2.34. The summed E-state index contributed by atoms with van der Waals surface area (Å²) in [7, 11) is 0. The van der Waals surface area contributed by atoms with E-state index in [9.17, 15) is 18.8 Å². The molecule has 1 atom stereocenters. The molecule has 4 rings (SSSR count). The van der Waals surface area contributed by atoms with Crippen molar-refractivity contribution in [3.8, 4) is 0 Å². The smallest absolute Gasteiger partial charge is 0.358 e. The van der Waals surface area contributed by atoms with Crippen molar-refractivity contribution in [3.05, 3.63) is 47.5 Å². The van der Waals surface area contributed by atoms with E-state index in [1.165, 1.54) is 33.8 Å². The van der Waals surface area contributed by atoms with Crippen molar-refractivity contribution in [2.45, 2.75) is 57.7 Å². The molecular weight excluding hydrogens is 403 g/mol. The SMILES string of the molecule is CCOC(=O)c1cc2n(n1)C[C@](C)(C(=O)NC1CCCC1)N(c1ccccc1F)C2=O. The van der Waals surface area contributed by atoms with Crippen LogP contribution in [0.1, 0.15) is 60.5 Å². The Morgan fingerprint density at radius 2 is 2.00 bits per heavy atom. The maximum Gasteiger partial charge on any atom is 0.358 e. The molecule has 1 aromatic carbocycles. The summed E-state index contributed by atoms with van der Waals surface area (Å²) in [5.41, 5.74) is -1.37. The molecule has 2 aliphatic rings. The molecule has 0 radical (unpaired) electrons. The van der Waals surface area contributed by atoms with Crippen molar-refractivity contribution in [2.75, 3.05) is 11.5 Å². The van der Waals surface area contributed by atoms with Crippen LogP contribution in [0.2, 0.25) is 0 Å². The van der Waals surface area contributed by atoms with Gasteiger partial charge in [-0.1, -0.05) is 25.0 Å². The number of benzene rings is 1. The van der Waals surface area contributed by atoms with Crippen molar-refractivity contribution < 1.29 is 23.5 Å². The second-order valence-electron chi connectivity index (χ2n) is 8.11. The van der Waals surface area contributed by atoms with Gasteiger partial charge in [0.15, 0.2) is 5.69 Å². The molecule has 1 aliphatic carbocycles. The number of esters is 1. The fourth-order valence-electron chi connectivity index (χ4n) is 4.31. The first-order chi connectivity index (χ1) is 14.8. The number of amides is 2. The first-order valence-electron chi connectivity index (χ1n) is 10.5. The topological polar surface area (TPSA) is 93.5 Å². The van der Waals surface area contributed by atoms with Gasteiger partial charge in [0.05, 0.1) is 18.8 Å². The molecule has 0 saturated heterocycles. The van der Waals surface area contributed by atoms with E-state index in [0.29, 0.717) is 0 Å². The average molecular weight is 428 g/mol. The number of aromatic nitrogens is 2. The molecule has 9 heteroatoms. The van der Waals surface area contributed by atoms with E-state index < -0.39 is 23.2 Å². The van der Waals surface area contributed by atoms with Crippen LogP contribution in [-0.4, -0.2) is 45.8 Å². The third-order valence-corrected chi connectivity index (χ3v) is 5.91. The summed E-state index contributed by atoms with van der Waals surface area (Å²) >= 11 is 0. The zero-order valence-corrected chi connectivity index (χ0v) is 17.6. The first kappa shape index (κ1) is 21.0. The fraction of sp³-hybridized carbons (Fsp3) is 0.455. The zero-order valence-electron chi connectivity index (χ0n) is 17.6. The number of hydrogen-bond donors (Lipinski definition) is 1. The van der Waals surface area contributed by atoms with Crippen molar-refractivity contribution in [1.82, 2.24) is 15.1 Å². The molecule has 31 heavy (non-hydrogen) atoms. The van der Waals surface area contributed by atoms with Crippen LogP contribution in [0.3, 0.4) is 0 Å². The molecule has 1 fully saturated rings. The Morgan fingerprint density at radius 3 is 2.68 bits per heavy atom. The third-order valence-electron chi connectivity index (χ3n) is 5.91. The van der Waals surface area contributed by atoms with E-state index in [1.807, 2.05) is 0 Å². The van der Waals surface area contributed by atoms with Crippen LogP contribution < -0.4 is 10.2 Å². The van der Waals surface area contributed by atoms with Crippen LogP contribution in [0.25, 0.3) is 0 Å². The second-order valence-corrected chi connectivity index (χ2v) is 8.11. The molecule has 8 nitrogen and oxygen atoms in total. The number of anilines is 1. The minimum Gasteiger partial charge on any atom is -0.461 e. The lowest BCUT2D eigenvalue weighted by atomic mass is 9.93. The quantitative estimate of drug-likeness (QED) is 0.739. The van der Waals surface area contributed by atoms with Crippen molar-refractivity contribution >= 4 is 23.5 Å². The summed E-state index contributed by atoms with van der Waals surface area (Å²) in [6, 6.07) is 7.18. The van der Waals surface area contributed by atoms with Crippen LogP contribution >= 0.6 is 0 Å². The molecule has 2 amide bonds. The normalized spacial score (nSPS) is 21.1. The second kappa shape index (κ2) is 8.13. The Kier molecular flexibility index (Phi) is 5.51. The van der Waals surface area contributed by atoms with Crippen LogP contribution in [0.5, 0.6) is 0 Å². The van der Waals surface area contributed by atoms with E-state index in [4.69, 9.17) is 4.74 Å². The van der Waals surface area contributed by atoms with Gasteiger partial charge < -0.3 is 10.1 Å². The summed E-state index contributed by atoms with van der Waals surface area (Å²) in [6.07, 6.45) is 3.80. The van der Waals surface area contributed by atoms with Crippen LogP contribution in [-0.2, 0) is 16.1 Å². The molecule has 2 heterocycles. The summed E-state index contributed by atoms with van der Waals surface area (Å²) in [5, 5.41) is 7.22. The number of carbonyl (C=O) groups is 3. The lowest BCUT2D eigenvalue weighted by molar-refractivity contribution is -0.127. The molecule has 0 spiro atoms. The molecular formula is C22H25FN4O4. The Hall–Kier alpha value is -3.23. The van der Waals surface area contributed by atoms with Gasteiger partial charge in [0.1, 0.15) is 17.1 Å². The number of ether oxygens (including phenoxy) is 1. The molecule has 1 saturated carbocycles. The third kappa shape index (κ3) is 3.68. The number of carbonyl (C=O) groups excluding carboxylic acids is 3. The van der Waals surface area contributed by atoms with Gasteiger partial charge in [-0.05, 0) is 38.8 Å². The highest BCUT2D eigenvalue weighted by atomic mass is 19.1. The fourth-order valence-corrected chi connectivity index (χ4v) is 4.31. The van der Waals surface area contributed by atoms with E-state index in [0.717, 1.165) is 25.7 Å². The molecule has 1 N–H and O–H groups in total. The Morgan fingerprint density at radius 1 is 1.29 bits per heavy atom. The standard InChI is InChI=1S/C22H25FN4O4/c1-3-31-20(29)16-12-18-19(28)27(17-11-7-6-10-15(17)23)22(2,13-26(18)25-16)21(30)24-14-8-4-5-9-14/h6-7,10-12,14H,3-5,8-9,13H2,1-2H3,(H,24,30)/t22-/m1/s1. The van der Waals surface area contributed by atoms with E-state index in [1.54, 1.807) is 19.9 Å². The van der Waals surface area contributed by atoms with Gasteiger partial charge >= 0.3 is 5.97 Å². The number of nitrogens with zero attached hydrogens (tertiary/aromatic N) is 3. The van der Waals surface area contributed by atoms with Gasteiger partial charge in [0.25, 0.3) is 5.91 Å². The highest BCUT2D eigenvalue weighted by Gasteiger charge is 2.50. The van der Waals surface area contributed by atoms with E-state index in [-0.39, 0.29) is 42.2 Å². The first-order valence-corrected chi connectivity index (χ1v) is 10.5. The van der Waals surface area contributed by atoms with E-state index >= 15 is 0 Å². The summed E-state index contributed by atoms with van der Waals surface area (Å²) in [6.45, 7) is 3.40. The lowest BCUT2D eigenvalue weighted by Gasteiger charge is -2.43. The largest absolute Gasteiger partial charge is 0.461 e. The van der Waals surface area contributed by atoms with Gasteiger partial charge in [-0.15, -0.1) is 0 Å². The predicted octanol–water partition coefficient (Wildman–Crippen LogP) is 2.68. The monoisotopic (exact) mass is 428 g/mol. The summed E-state index contributed by atoms with van der Waals surface area (Å²) in [5.74, 6) is -2.26. The highest BCUT2D eigenvalue weighted by molar-refractivity contribution is 6.12. The molecule has 1 aromatic heterocycles. The number of rotatable bonds is 5. The maximum absolute atomic E-state index is 14.7. The number of hydrogen-bond acceptors (Lipinski definition) is 5. The number of nitrogens with one attached hydrogen (secondary N) is 1. The molecule has 2 aromatic rings. The zero-order chi connectivity index (χ0) is 22.2. The van der Waals surface area contributed by atoms with Crippen molar-refractivity contribution in [1.29, 1.82) is 0 Å². The molecule has 0 unspecified atom stereocenters. The number of halogens is 1. The minimum atomic E-state index is -1.44. The Bertz CT molecular complexity index is 1030. The lowest BCUT2D eigenvalue weighted by Crippen LogP contribution is -2.65. The molecule has 164 valence electrons. The summed E-state index contributed by atoms with van der Waals surface area (Å²) in [4.78, 5) is 40.2. The van der Waals surface area contributed by atoms with Crippen LogP contribution in [0, 0.1) is 5.82 Å². The van der Waals surface area contributed by atoms with Gasteiger partial charge in [0, 0.05) is 12.1 Å². The molecule has 0 bridgehead atoms. The van der Waals surface area contributed by atoms with Crippen LogP contribution in [0.15, 0.2) is 30.3 Å². The summed E-state index contributed by atoms with van der Waals surface area (Å²) < 4.78 is 21.1. The Balaban J connectivity index is 1.78. The van der Waals surface area contributed by atoms with Crippen LogP contribution in [0.4, 0.5) is 10.1 Å². The van der Waals surface area contributed by atoms with Gasteiger partial charge in [-0.25, -0.2) is 9.18 Å². The van der Waals surface area contributed by atoms with Crippen molar-refractivity contribution in [2.24, 2.45) is 0 Å².